The minimum Gasteiger partial charge on any atom is -0.401 e. The highest BCUT2D eigenvalue weighted by molar-refractivity contribution is 9.10. The summed E-state index contributed by atoms with van der Waals surface area (Å²) in [6.07, 6.45) is 3.60. The fourth-order valence-corrected chi connectivity index (χ4v) is 1.68. The van der Waals surface area contributed by atoms with Crippen molar-refractivity contribution in [3.8, 4) is 0 Å². The molecule has 2 rings (SSSR count). The fourth-order valence-electron chi connectivity index (χ4n) is 1.41. The lowest BCUT2D eigenvalue weighted by Crippen LogP contribution is -2.08. The number of aliphatic imine (C=N–C) groups is 1. The summed E-state index contributed by atoms with van der Waals surface area (Å²) in [7, 11) is 0. The van der Waals surface area contributed by atoms with E-state index in [4.69, 9.17) is 5.73 Å². The van der Waals surface area contributed by atoms with Gasteiger partial charge in [-0.25, -0.2) is 0 Å². The maximum absolute atomic E-state index is 5.65. The summed E-state index contributed by atoms with van der Waals surface area (Å²) in [6.45, 7) is 0. The van der Waals surface area contributed by atoms with E-state index in [1.807, 2.05) is 12.1 Å². The summed E-state index contributed by atoms with van der Waals surface area (Å²) in [6, 6.07) is 8.19. The van der Waals surface area contributed by atoms with Crippen molar-refractivity contribution >= 4 is 21.6 Å². The highest BCUT2D eigenvalue weighted by Gasteiger charge is 2.07. The van der Waals surface area contributed by atoms with Gasteiger partial charge < -0.3 is 5.73 Å². The minimum atomic E-state index is 0.867. The molecule has 0 aliphatic carbocycles. The van der Waals surface area contributed by atoms with Gasteiger partial charge in [-0.3, -0.25) is 4.99 Å². The van der Waals surface area contributed by atoms with Crippen LogP contribution in [0.1, 0.15) is 18.4 Å². The van der Waals surface area contributed by atoms with Gasteiger partial charge in [-0.15, -0.1) is 0 Å². The van der Waals surface area contributed by atoms with E-state index in [-0.39, 0.29) is 0 Å². The molecule has 0 saturated carbocycles. The van der Waals surface area contributed by atoms with Crippen molar-refractivity contribution in [2.24, 2.45) is 10.7 Å². The molecular weight excluding hydrogens is 240 g/mol. The first-order valence-electron chi connectivity index (χ1n) is 4.53. The normalized spacial score (nSPS) is 16.1. The first-order chi connectivity index (χ1) is 6.75. The largest absolute Gasteiger partial charge is 0.401 e. The van der Waals surface area contributed by atoms with Crippen LogP contribution in [0.15, 0.2) is 45.6 Å². The third-order valence-electron chi connectivity index (χ3n) is 2.21. The number of hydrogen-bond acceptors (Lipinski definition) is 2. The first-order valence-corrected chi connectivity index (χ1v) is 5.32. The summed E-state index contributed by atoms with van der Waals surface area (Å²) >= 11 is 3.41. The van der Waals surface area contributed by atoms with Gasteiger partial charge in [0.25, 0.3) is 0 Å². The van der Waals surface area contributed by atoms with Crippen molar-refractivity contribution in [2.45, 2.75) is 12.8 Å². The Labute approximate surface area is 91.7 Å². The van der Waals surface area contributed by atoms with Crippen LogP contribution < -0.4 is 5.73 Å². The van der Waals surface area contributed by atoms with Crippen molar-refractivity contribution in [1.82, 2.24) is 0 Å². The van der Waals surface area contributed by atoms with Gasteiger partial charge in [0, 0.05) is 22.1 Å². The number of allylic oxidation sites excluding steroid dienone is 1. The SMILES string of the molecule is NC1=CN=C(c2ccc(Br)cc2)CC1. The van der Waals surface area contributed by atoms with Crippen LogP contribution in [0.25, 0.3) is 0 Å². The lowest BCUT2D eigenvalue weighted by molar-refractivity contribution is 0.957. The van der Waals surface area contributed by atoms with E-state index in [0.29, 0.717) is 0 Å². The van der Waals surface area contributed by atoms with Crippen molar-refractivity contribution in [2.75, 3.05) is 0 Å². The Balaban J connectivity index is 2.28. The molecular formula is C11H11BrN2. The van der Waals surface area contributed by atoms with E-state index in [1.165, 1.54) is 5.56 Å². The molecule has 1 aromatic rings. The van der Waals surface area contributed by atoms with Crippen molar-refractivity contribution in [1.29, 1.82) is 0 Å². The van der Waals surface area contributed by atoms with Crippen LogP contribution in [-0.2, 0) is 0 Å². The molecule has 0 spiro atoms. The number of hydrogen-bond donors (Lipinski definition) is 1. The average molecular weight is 251 g/mol. The summed E-state index contributed by atoms with van der Waals surface area (Å²) in [4.78, 5) is 4.32. The van der Waals surface area contributed by atoms with Gasteiger partial charge in [0.1, 0.15) is 0 Å². The maximum Gasteiger partial charge on any atom is 0.0480 e. The quantitative estimate of drug-likeness (QED) is 0.818. The molecule has 1 aliphatic rings. The summed E-state index contributed by atoms with van der Waals surface area (Å²) in [5.41, 5.74) is 8.81. The van der Waals surface area contributed by atoms with E-state index in [9.17, 15) is 0 Å². The van der Waals surface area contributed by atoms with Crippen LogP contribution in [0.2, 0.25) is 0 Å². The van der Waals surface area contributed by atoms with Crippen LogP contribution in [0, 0.1) is 0 Å². The molecule has 1 aliphatic heterocycles. The van der Waals surface area contributed by atoms with E-state index in [0.717, 1.165) is 28.7 Å². The second kappa shape index (κ2) is 3.96. The molecule has 0 bridgehead atoms. The highest BCUT2D eigenvalue weighted by Crippen LogP contribution is 2.16. The summed E-state index contributed by atoms with van der Waals surface area (Å²) < 4.78 is 1.09. The van der Waals surface area contributed by atoms with Gasteiger partial charge in [0.2, 0.25) is 0 Å². The van der Waals surface area contributed by atoms with Gasteiger partial charge in [0.05, 0.1) is 0 Å². The zero-order valence-electron chi connectivity index (χ0n) is 7.70. The molecule has 0 atom stereocenters. The molecule has 1 aromatic carbocycles. The Morgan fingerprint density at radius 1 is 1.14 bits per heavy atom. The smallest absolute Gasteiger partial charge is 0.0480 e. The molecule has 0 fully saturated rings. The fraction of sp³-hybridized carbons (Fsp3) is 0.182. The molecule has 0 saturated heterocycles. The molecule has 14 heavy (non-hydrogen) atoms. The van der Waals surface area contributed by atoms with Gasteiger partial charge in [-0.2, -0.15) is 0 Å². The van der Waals surface area contributed by atoms with Gasteiger partial charge in [-0.1, -0.05) is 28.1 Å². The topological polar surface area (TPSA) is 38.4 Å². The molecule has 0 amide bonds. The Morgan fingerprint density at radius 3 is 2.43 bits per heavy atom. The van der Waals surface area contributed by atoms with Crippen molar-refractivity contribution in [3.05, 3.63) is 46.2 Å². The molecule has 2 N–H and O–H groups in total. The molecule has 0 unspecified atom stereocenters. The minimum absolute atomic E-state index is 0.867. The first kappa shape index (κ1) is 9.46. The molecule has 0 radical (unpaired) electrons. The maximum atomic E-state index is 5.65. The molecule has 1 heterocycles. The standard InChI is InChI=1S/C11H11BrN2/c12-9-3-1-8(2-4-9)11-6-5-10(13)7-14-11/h1-4,7H,5-6,13H2. The van der Waals surface area contributed by atoms with E-state index in [1.54, 1.807) is 6.20 Å². The van der Waals surface area contributed by atoms with Gasteiger partial charge in [-0.05, 0) is 30.5 Å². The lowest BCUT2D eigenvalue weighted by Gasteiger charge is -2.10. The van der Waals surface area contributed by atoms with Crippen LogP contribution in [0.5, 0.6) is 0 Å². The predicted octanol–water partition coefficient (Wildman–Crippen LogP) is 2.83. The molecule has 3 heteroatoms. The van der Waals surface area contributed by atoms with Gasteiger partial charge >= 0.3 is 0 Å². The van der Waals surface area contributed by atoms with E-state index in [2.05, 4.69) is 33.1 Å². The third-order valence-corrected chi connectivity index (χ3v) is 2.74. The lowest BCUT2D eigenvalue weighted by atomic mass is 10.0. The Bertz CT molecular complexity index is 390. The third kappa shape index (κ3) is 2.04. The Morgan fingerprint density at radius 2 is 1.86 bits per heavy atom. The summed E-state index contributed by atoms with van der Waals surface area (Å²) in [5.74, 6) is 0. The molecule has 0 aromatic heterocycles. The second-order valence-corrected chi connectivity index (χ2v) is 4.20. The van der Waals surface area contributed by atoms with Crippen molar-refractivity contribution < 1.29 is 0 Å². The van der Waals surface area contributed by atoms with E-state index >= 15 is 0 Å². The zero-order valence-corrected chi connectivity index (χ0v) is 9.29. The Kier molecular flexibility index (Phi) is 2.68. The van der Waals surface area contributed by atoms with E-state index < -0.39 is 0 Å². The number of nitrogens with two attached hydrogens (primary N) is 1. The number of halogens is 1. The average Bonchev–Trinajstić information content (AvgIpc) is 2.21. The van der Waals surface area contributed by atoms with Crippen LogP contribution in [0.4, 0.5) is 0 Å². The number of nitrogens with zero attached hydrogens (tertiary/aromatic N) is 1. The summed E-state index contributed by atoms with van der Waals surface area (Å²) in [5, 5.41) is 0. The van der Waals surface area contributed by atoms with Crippen molar-refractivity contribution in [3.63, 3.8) is 0 Å². The number of benzene rings is 1. The monoisotopic (exact) mass is 250 g/mol. The van der Waals surface area contributed by atoms with Crippen LogP contribution in [-0.4, -0.2) is 5.71 Å². The molecule has 72 valence electrons. The predicted molar refractivity (Wildman–Crippen MR) is 62.2 cm³/mol. The highest BCUT2D eigenvalue weighted by atomic mass is 79.9. The molecule has 2 nitrogen and oxygen atoms in total. The van der Waals surface area contributed by atoms with Crippen LogP contribution >= 0.6 is 15.9 Å². The zero-order chi connectivity index (χ0) is 9.97. The van der Waals surface area contributed by atoms with Gasteiger partial charge in [0.15, 0.2) is 0 Å². The second-order valence-electron chi connectivity index (χ2n) is 3.29. The Hall–Kier alpha value is -1.09. The number of rotatable bonds is 1. The van der Waals surface area contributed by atoms with Crippen LogP contribution in [0.3, 0.4) is 0 Å².